The van der Waals surface area contributed by atoms with Crippen molar-refractivity contribution >= 4 is 17.6 Å². The number of anilines is 1. The van der Waals surface area contributed by atoms with Gasteiger partial charge in [0, 0.05) is 11.3 Å². The number of carbonyl (C=O) groups excluding carboxylic acids is 2. The molecule has 2 heterocycles. The number of nitrogens with zero attached hydrogens (tertiary/aromatic N) is 1. The van der Waals surface area contributed by atoms with E-state index in [4.69, 9.17) is 15.9 Å². The molecule has 2 N–H and O–H groups in total. The first-order chi connectivity index (χ1) is 13.8. The fraction of sp³-hybridized carbons (Fsp3) is 0.286. The topological polar surface area (TPSA) is 107 Å². The predicted molar refractivity (Wildman–Crippen MR) is 104 cm³/mol. The lowest BCUT2D eigenvalue weighted by atomic mass is 9.86. The molecule has 1 aliphatic heterocycles. The van der Waals surface area contributed by atoms with Crippen molar-refractivity contribution < 1.29 is 24.2 Å². The number of hydrogen-bond acceptors (Lipinski definition) is 6. The summed E-state index contributed by atoms with van der Waals surface area (Å²) in [5.74, 6) is 1.50. The number of terminal acetylenes is 1. The number of carbonyl (C=O) groups is 2. The number of amides is 1. The quantitative estimate of drug-likeness (QED) is 0.584. The summed E-state index contributed by atoms with van der Waals surface area (Å²) in [4.78, 5) is 38.0. The average molecular weight is 396 g/mol. The number of pyridine rings is 1. The summed E-state index contributed by atoms with van der Waals surface area (Å²) in [6, 6.07) is 7.94. The monoisotopic (exact) mass is 396 g/mol. The van der Waals surface area contributed by atoms with Crippen molar-refractivity contribution in [1.29, 1.82) is 0 Å². The van der Waals surface area contributed by atoms with Crippen LogP contribution in [0.4, 0.5) is 5.69 Å². The van der Waals surface area contributed by atoms with Gasteiger partial charge in [-0.05, 0) is 36.8 Å². The molecule has 0 radical (unpaired) electrons. The highest BCUT2D eigenvalue weighted by Crippen LogP contribution is 2.33. The molecule has 0 saturated heterocycles. The third-order valence-electron chi connectivity index (χ3n) is 4.87. The summed E-state index contributed by atoms with van der Waals surface area (Å²) in [7, 11) is 1.53. The normalized spacial score (nSPS) is 17.7. The molecule has 8 nitrogen and oxygen atoms in total. The van der Waals surface area contributed by atoms with Crippen LogP contribution in [0.25, 0.3) is 0 Å². The highest BCUT2D eigenvalue weighted by atomic mass is 16.6. The van der Waals surface area contributed by atoms with E-state index in [0.29, 0.717) is 11.4 Å². The smallest absolute Gasteiger partial charge is 0.343 e. The number of aromatic nitrogens is 1. The van der Waals surface area contributed by atoms with E-state index in [0.717, 1.165) is 4.57 Å². The molecular weight excluding hydrogens is 376 g/mol. The molecule has 1 aromatic heterocycles. The Morgan fingerprint density at radius 2 is 2.07 bits per heavy atom. The zero-order valence-corrected chi connectivity index (χ0v) is 16.0. The largest absolute Gasteiger partial charge is 0.497 e. The van der Waals surface area contributed by atoms with Gasteiger partial charge in [0.2, 0.25) is 0 Å². The van der Waals surface area contributed by atoms with Crippen LogP contribution in [0.3, 0.4) is 0 Å². The SMILES string of the molecule is C#CCn1c(C(=O)Nc2ccc(OC)cc2)cc2c(c1=O)COC(=O)[C@]2(O)CC. The Labute approximate surface area is 167 Å². The van der Waals surface area contributed by atoms with E-state index in [9.17, 15) is 19.5 Å². The highest BCUT2D eigenvalue weighted by Gasteiger charge is 2.45. The van der Waals surface area contributed by atoms with Gasteiger partial charge in [0.15, 0.2) is 5.60 Å². The number of fused-ring (bicyclic) bond motifs is 1. The number of ether oxygens (including phenoxy) is 2. The van der Waals surface area contributed by atoms with Gasteiger partial charge in [-0.3, -0.25) is 14.2 Å². The first-order valence-corrected chi connectivity index (χ1v) is 8.91. The van der Waals surface area contributed by atoms with Crippen LogP contribution in [0, 0.1) is 12.3 Å². The Hall–Kier alpha value is -3.57. The van der Waals surface area contributed by atoms with Crippen LogP contribution in [0.1, 0.15) is 35.0 Å². The third-order valence-corrected chi connectivity index (χ3v) is 4.87. The zero-order chi connectivity index (χ0) is 21.2. The van der Waals surface area contributed by atoms with Gasteiger partial charge in [0.1, 0.15) is 18.1 Å². The van der Waals surface area contributed by atoms with Crippen molar-refractivity contribution in [2.75, 3.05) is 12.4 Å². The lowest BCUT2D eigenvalue weighted by molar-refractivity contribution is -0.172. The van der Waals surface area contributed by atoms with Gasteiger partial charge in [0.05, 0.1) is 19.2 Å². The lowest BCUT2D eigenvalue weighted by Gasteiger charge is -2.32. The molecule has 1 aromatic carbocycles. The van der Waals surface area contributed by atoms with Crippen LogP contribution in [-0.4, -0.2) is 28.7 Å². The molecule has 1 atom stereocenters. The number of aliphatic hydroxyl groups is 1. The van der Waals surface area contributed by atoms with Crippen molar-refractivity contribution in [3.05, 3.63) is 57.5 Å². The molecule has 150 valence electrons. The molecule has 0 spiro atoms. The van der Waals surface area contributed by atoms with E-state index < -0.39 is 23.0 Å². The van der Waals surface area contributed by atoms with E-state index in [1.807, 2.05) is 0 Å². The highest BCUT2D eigenvalue weighted by molar-refractivity contribution is 6.03. The minimum Gasteiger partial charge on any atom is -0.497 e. The molecule has 1 aliphatic rings. The summed E-state index contributed by atoms with van der Waals surface area (Å²) >= 11 is 0. The number of hydrogen-bond donors (Lipinski definition) is 2. The second kappa shape index (κ2) is 7.81. The Kier molecular flexibility index (Phi) is 5.43. The molecule has 0 aliphatic carbocycles. The van der Waals surface area contributed by atoms with E-state index in [2.05, 4.69) is 11.2 Å². The molecule has 2 aromatic rings. The van der Waals surface area contributed by atoms with Crippen molar-refractivity contribution in [3.63, 3.8) is 0 Å². The van der Waals surface area contributed by atoms with Gasteiger partial charge >= 0.3 is 5.97 Å². The summed E-state index contributed by atoms with van der Waals surface area (Å²) < 4.78 is 11.2. The molecular formula is C21H20N2O6. The number of benzene rings is 1. The second-order valence-corrected chi connectivity index (χ2v) is 6.49. The second-order valence-electron chi connectivity index (χ2n) is 6.49. The maximum Gasteiger partial charge on any atom is 0.343 e. The van der Waals surface area contributed by atoms with Gasteiger partial charge < -0.3 is 19.9 Å². The number of methoxy groups -OCH3 is 1. The summed E-state index contributed by atoms with van der Waals surface area (Å²) in [6.07, 6.45) is 5.35. The molecule has 0 fully saturated rings. The minimum absolute atomic E-state index is 0.0169. The molecule has 1 amide bonds. The fourth-order valence-electron chi connectivity index (χ4n) is 3.21. The van der Waals surface area contributed by atoms with Crippen molar-refractivity contribution in [1.82, 2.24) is 4.57 Å². The Morgan fingerprint density at radius 1 is 1.38 bits per heavy atom. The van der Waals surface area contributed by atoms with Gasteiger partial charge in [-0.25, -0.2) is 4.79 Å². The van der Waals surface area contributed by atoms with E-state index in [1.54, 1.807) is 31.2 Å². The molecule has 0 bridgehead atoms. The summed E-state index contributed by atoms with van der Waals surface area (Å²) in [5, 5.41) is 13.5. The third kappa shape index (κ3) is 3.48. The Balaban J connectivity index is 2.10. The molecule has 3 rings (SSSR count). The molecule has 8 heteroatoms. The first-order valence-electron chi connectivity index (χ1n) is 8.91. The zero-order valence-electron chi connectivity index (χ0n) is 16.0. The Bertz CT molecular complexity index is 1060. The van der Waals surface area contributed by atoms with E-state index in [1.165, 1.54) is 13.2 Å². The van der Waals surface area contributed by atoms with Gasteiger partial charge in [-0.1, -0.05) is 12.8 Å². The molecule has 29 heavy (non-hydrogen) atoms. The predicted octanol–water partition coefficient (Wildman–Crippen LogP) is 1.40. The first kappa shape index (κ1) is 20.2. The number of esters is 1. The Morgan fingerprint density at radius 3 is 2.66 bits per heavy atom. The fourth-order valence-corrected chi connectivity index (χ4v) is 3.21. The van der Waals surface area contributed by atoms with Crippen LogP contribution in [-0.2, 0) is 28.3 Å². The van der Waals surface area contributed by atoms with Crippen molar-refractivity contribution in [3.8, 4) is 18.1 Å². The van der Waals surface area contributed by atoms with Crippen LogP contribution in [0.15, 0.2) is 35.1 Å². The van der Waals surface area contributed by atoms with E-state index in [-0.39, 0.29) is 36.4 Å². The van der Waals surface area contributed by atoms with Crippen molar-refractivity contribution in [2.45, 2.75) is 32.1 Å². The number of cyclic esters (lactones) is 1. The van der Waals surface area contributed by atoms with Gasteiger partial charge in [-0.15, -0.1) is 6.42 Å². The van der Waals surface area contributed by atoms with Crippen LogP contribution in [0.2, 0.25) is 0 Å². The van der Waals surface area contributed by atoms with Crippen LogP contribution in [0.5, 0.6) is 5.75 Å². The summed E-state index contributed by atoms with van der Waals surface area (Å²) in [6.45, 7) is 1.14. The molecule has 0 unspecified atom stereocenters. The lowest BCUT2D eigenvalue weighted by Crippen LogP contribution is -2.45. The van der Waals surface area contributed by atoms with Gasteiger partial charge in [0.25, 0.3) is 11.5 Å². The minimum atomic E-state index is -2.00. The van der Waals surface area contributed by atoms with Gasteiger partial charge in [-0.2, -0.15) is 0 Å². The number of rotatable bonds is 5. The number of nitrogens with one attached hydrogen (secondary N) is 1. The van der Waals surface area contributed by atoms with Crippen LogP contribution < -0.4 is 15.6 Å². The maximum absolute atomic E-state index is 12.9. The van der Waals surface area contributed by atoms with Crippen molar-refractivity contribution in [2.24, 2.45) is 0 Å². The van der Waals surface area contributed by atoms with Crippen LogP contribution >= 0.6 is 0 Å². The standard InChI is InChI=1S/C21H20N2O6/c1-4-10-23-17(18(24)22-13-6-8-14(28-3)9-7-13)11-16-15(19(23)25)12-29-20(26)21(16,27)5-2/h1,6-9,11,27H,5,10,12H2,2-3H3,(H,22,24)/t21-/m0/s1. The maximum atomic E-state index is 12.9. The average Bonchev–Trinajstić information content (AvgIpc) is 2.73. The van der Waals surface area contributed by atoms with E-state index >= 15 is 0 Å². The molecule has 0 saturated carbocycles. The summed E-state index contributed by atoms with van der Waals surface area (Å²) in [5.41, 5.74) is -2.02.